The van der Waals surface area contributed by atoms with Crippen molar-refractivity contribution in [2.75, 3.05) is 19.2 Å². The number of ether oxygens (including phenoxy) is 2. The lowest BCUT2D eigenvalue weighted by Crippen LogP contribution is -2.59. The first kappa shape index (κ1) is 43.6. The van der Waals surface area contributed by atoms with Crippen LogP contribution in [0.5, 0.6) is 11.5 Å². The average molecular weight is 1100 g/mol. The molecule has 14 heteroatoms. The molecule has 0 amide bonds. The van der Waals surface area contributed by atoms with E-state index in [4.69, 9.17) is 9.47 Å². The van der Waals surface area contributed by atoms with Crippen LogP contribution in [0.25, 0.3) is 66.8 Å². The van der Waals surface area contributed by atoms with Gasteiger partial charge in [-0.3, -0.25) is 0 Å². The fraction of sp³-hybridized carbons (Fsp3) is 0.0149. The second kappa shape index (κ2) is 15.5. The standard InChI is InChI=1S/C67H36B4N4O2S4/c1-5-19-36(20-6-1)72-42-29-15-13-27-40(42)50-61-57-54-46(78-68(61)72)31-17-33-48(54)80-70-63(57)59-52-44(74(70)38-23-9-3-10-24-38)35-45-53-56(52)67(76-65(50)59)77-66-51-41-28-14-16-30-43(41)73(37-21-7-2-8-22-37)69-62(51)58-55-47(79-69)32-18-34-49(55)81-71(64(58)60(53)66)75(45)39-25-11-4-12-26-39/h1-35,67H. The van der Waals surface area contributed by atoms with E-state index >= 15 is 0 Å². The van der Waals surface area contributed by atoms with Gasteiger partial charge in [0.05, 0.1) is 5.56 Å². The first-order valence-corrected chi connectivity index (χ1v) is 31.3. The highest BCUT2D eigenvalue weighted by molar-refractivity contribution is 8.29. The van der Waals surface area contributed by atoms with Gasteiger partial charge in [0.25, 0.3) is 6.29 Å². The summed E-state index contributed by atoms with van der Waals surface area (Å²) in [4.78, 5) is 15.8. The van der Waals surface area contributed by atoms with Crippen molar-refractivity contribution in [1.29, 1.82) is 0 Å². The molecule has 0 atom stereocenters. The molecule has 21 rings (SSSR count). The quantitative estimate of drug-likeness (QED) is 0.159. The largest absolute Gasteiger partial charge is 0.449 e. The summed E-state index contributed by atoms with van der Waals surface area (Å²) in [7, 11) is 0. The fourth-order valence-electron chi connectivity index (χ4n) is 15.6. The van der Waals surface area contributed by atoms with Gasteiger partial charge in [0.2, 0.25) is 0 Å². The summed E-state index contributed by atoms with van der Waals surface area (Å²) in [6, 6.07) is 79.2. The van der Waals surface area contributed by atoms with Gasteiger partial charge in [-0.25, -0.2) is 0 Å². The van der Waals surface area contributed by atoms with Crippen LogP contribution in [0.3, 0.4) is 0 Å². The molecule has 0 radical (unpaired) electrons. The number of hydrogen-bond donors (Lipinski definition) is 0. The molecule has 10 heterocycles. The molecule has 11 aromatic rings. The Hall–Kier alpha value is -8.12. The van der Waals surface area contributed by atoms with E-state index in [-0.39, 0.29) is 24.5 Å². The lowest BCUT2D eigenvalue weighted by atomic mass is 9.54. The second-order valence-corrected chi connectivity index (χ2v) is 26.7. The Morgan fingerprint density at radius 1 is 0.284 bits per heavy atom. The molecule has 10 aliphatic heterocycles. The first-order chi connectivity index (χ1) is 40.2. The number of rotatable bonds is 4. The van der Waals surface area contributed by atoms with Crippen LogP contribution in [0.2, 0.25) is 0 Å². The predicted molar refractivity (Wildman–Crippen MR) is 342 cm³/mol. The van der Waals surface area contributed by atoms with Crippen LogP contribution < -0.4 is 50.6 Å². The molecule has 0 N–H and O–H groups in total. The van der Waals surface area contributed by atoms with Crippen LogP contribution in [0, 0.1) is 0 Å². The van der Waals surface area contributed by atoms with Crippen LogP contribution in [0.4, 0.5) is 45.5 Å². The first-order valence-electron chi connectivity index (χ1n) is 27.8. The summed E-state index contributed by atoms with van der Waals surface area (Å²) in [6.07, 6.45) is -1.14. The molecule has 372 valence electrons. The van der Waals surface area contributed by atoms with Gasteiger partial charge < -0.3 is 28.7 Å². The highest BCUT2D eigenvalue weighted by atomic mass is 32.2. The summed E-state index contributed by atoms with van der Waals surface area (Å²) < 4.78 is 16.3. The lowest BCUT2D eigenvalue weighted by molar-refractivity contribution is 0.00115. The molecule has 0 aliphatic carbocycles. The van der Waals surface area contributed by atoms with Crippen LogP contribution >= 0.6 is 46.5 Å². The highest BCUT2D eigenvalue weighted by Crippen LogP contribution is 2.69. The molecule has 10 aliphatic rings. The van der Waals surface area contributed by atoms with Crippen LogP contribution in [0.15, 0.2) is 232 Å². The summed E-state index contributed by atoms with van der Waals surface area (Å²) in [5.41, 5.74) is 30.8. The third kappa shape index (κ3) is 5.28. The third-order valence-corrected chi connectivity index (χ3v) is 23.5. The van der Waals surface area contributed by atoms with Crippen molar-refractivity contribution in [3.63, 3.8) is 0 Å². The predicted octanol–water partition coefficient (Wildman–Crippen LogP) is 15.3. The fourth-order valence-corrected chi connectivity index (χ4v) is 21.4. The Balaban J connectivity index is 0.945. The molecule has 0 bridgehead atoms. The number of hydrogen-bond acceptors (Lipinski definition) is 10. The zero-order chi connectivity index (χ0) is 52.1. The molecule has 6 nitrogen and oxygen atoms in total. The summed E-state index contributed by atoms with van der Waals surface area (Å²) in [5.74, 6) is 1.86. The van der Waals surface area contributed by atoms with Crippen molar-refractivity contribution in [1.82, 2.24) is 0 Å². The Bertz CT molecular complexity index is 4460. The van der Waals surface area contributed by atoms with Crippen molar-refractivity contribution in [3.8, 4) is 78.3 Å². The van der Waals surface area contributed by atoms with Crippen LogP contribution in [0.1, 0.15) is 11.9 Å². The van der Waals surface area contributed by atoms with E-state index in [1.807, 2.05) is 46.5 Å². The van der Waals surface area contributed by atoms with Gasteiger partial charge in [0.1, 0.15) is 11.5 Å². The summed E-state index contributed by atoms with van der Waals surface area (Å²) in [6.45, 7) is 0. The van der Waals surface area contributed by atoms with E-state index < -0.39 is 6.29 Å². The number of fused-ring (bicyclic) bond motifs is 6. The van der Waals surface area contributed by atoms with Gasteiger partial charge in [0, 0.05) is 121 Å². The SMILES string of the molecule is c1ccc(N2B3Sc4cccc5c4-c4c3c(c3c6c4B(S5)N(c4ccccc4)c4cc5c7c(c4-6)C(O3)Oc3c4c6c8c(c3-7)B(Sc3cccc(c3-8)SB6N(c3ccccc3)c3ccccc3-4)N5c3ccccc3)-c3ccccc32)cc1. The molecule has 0 aromatic heterocycles. The van der Waals surface area contributed by atoms with Crippen molar-refractivity contribution in [3.05, 3.63) is 218 Å². The zero-order valence-corrected chi connectivity index (χ0v) is 46.1. The van der Waals surface area contributed by atoms with E-state index in [0.717, 1.165) is 28.4 Å². The molecule has 0 unspecified atom stereocenters. The Labute approximate surface area is 485 Å². The van der Waals surface area contributed by atoms with E-state index in [9.17, 15) is 0 Å². The van der Waals surface area contributed by atoms with Crippen molar-refractivity contribution < 1.29 is 9.47 Å². The van der Waals surface area contributed by atoms with E-state index in [1.165, 1.54) is 142 Å². The molecule has 0 spiro atoms. The summed E-state index contributed by atoms with van der Waals surface area (Å²) in [5, 5.41) is 0. The van der Waals surface area contributed by atoms with E-state index in [0.29, 0.717) is 0 Å². The molecule has 11 aromatic carbocycles. The van der Waals surface area contributed by atoms with Gasteiger partial charge in [-0.2, -0.15) is 0 Å². The second-order valence-electron chi connectivity index (χ2n) is 22.2. The van der Waals surface area contributed by atoms with Crippen LogP contribution in [-0.2, 0) is 0 Å². The molecule has 0 saturated heterocycles. The van der Waals surface area contributed by atoms with Gasteiger partial charge in [-0.15, -0.1) is 46.5 Å². The number of nitrogens with zero attached hydrogens (tertiary/aromatic N) is 4. The van der Waals surface area contributed by atoms with Crippen molar-refractivity contribution >= 4 is 138 Å². The van der Waals surface area contributed by atoms with Gasteiger partial charge >= 0.3 is 24.5 Å². The van der Waals surface area contributed by atoms with Crippen LogP contribution in [-0.4, -0.2) is 24.5 Å². The van der Waals surface area contributed by atoms with Gasteiger partial charge in [0.15, 0.2) is 0 Å². The molecular weight excluding hydrogens is 1060 g/mol. The monoisotopic (exact) mass is 1100 g/mol. The number of benzene rings is 11. The highest BCUT2D eigenvalue weighted by Gasteiger charge is 2.59. The van der Waals surface area contributed by atoms with E-state index in [1.54, 1.807) is 0 Å². The van der Waals surface area contributed by atoms with Gasteiger partial charge in [-0.05, 0) is 124 Å². The minimum atomic E-state index is -0.777. The number of para-hydroxylation sites is 6. The normalized spacial score (nSPS) is 16.1. The minimum absolute atomic E-state index is 0.0716. The van der Waals surface area contributed by atoms with Crippen molar-refractivity contribution in [2.24, 2.45) is 0 Å². The zero-order valence-electron chi connectivity index (χ0n) is 42.8. The maximum Gasteiger partial charge on any atom is 0.368 e. The molecule has 0 fully saturated rings. The number of anilines is 8. The lowest BCUT2D eigenvalue weighted by Gasteiger charge is -2.53. The average Bonchev–Trinajstić information content (AvgIpc) is 2.87. The van der Waals surface area contributed by atoms with Gasteiger partial charge in [-0.1, -0.05) is 121 Å². The topological polar surface area (TPSA) is 31.4 Å². The summed E-state index contributed by atoms with van der Waals surface area (Å²) >= 11 is 7.92. The van der Waals surface area contributed by atoms with Crippen molar-refractivity contribution in [2.45, 2.75) is 25.9 Å². The van der Waals surface area contributed by atoms with E-state index in [2.05, 4.69) is 232 Å². The smallest absolute Gasteiger partial charge is 0.368 e. The Morgan fingerprint density at radius 3 is 0.975 bits per heavy atom. The molecule has 0 saturated carbocycles. The molecule has 81 heavy (non-hydrogen) atoms. The Morgan fingerprint density at radius 2 is 0.605 bits per heavy atom. The third-order valence-electron chi connectivity index (χ3n) is 18.5. The minimum Gasteiger partial charge on any atom is -0.449 e. The maximum atomic E-state index is 8.14. The Kier molecular flexibility index (Phi) is 8.33. The maximum absolute atomic E-state index is 8.14. The molecular formula is C67H36B4N4O2S4.